The first-order valence-corrected chi connectivity index (χ1v) is 9.70. The van der Waals surface area contributed by atoms with E-state index in [-0.39, 0.29) is 18.1 Å². The van der Waals surface area contributed by atoms with Crippen molar-refractivity contribution in [3.63, 3.8) is 0 Å². The van der Waals surface area contributed by atoms with Gasteiger partial charge in [-0.1, -0.05) is 47.7 Å². The molecule has 27 heavy (non-hydrogen) atoms. The van der Waals surface area contributed by atoms with E-state index in [0.717, 1.165) is 5.69 Å². The molecule has 2 heterocycles. The number of thioether (sulfide) groups is 1. The summed E-state index contributed by atoms with van der Waals surface area (Å²) in [5.41, 5.74) is 3.11. The van der Waals surface area contributed by atoms with Gasteiger partial charge in [0.25, 0.3) is 0 Å². The van der Waals surface area contributed by atoms with Crippen molar-refractivity contribution in [3.8, 4) is 6.07 Å². The van der Waals surface area contributed by atoms with Gasteiger partial charge < -0.3 is 4.90 Å². The number of rotatable bonds is 2. The molecule has 4 rings (SSSR count). The molecule has 6 heteroatoms. The van der Waals surface area contributed by atoms with Crippen molar-refractivity contribution in [2.24, 2.45) is 0 Å². The second kappa shape index (κ2) is 7.09. The Morgan fingerprint density at radius 2 is 1.93 bits per heavy atom. The van der Waals surface area contributed by atoms with Crippen molar-refractivity contribution < 1.29 is 9.18 Å². The van der Waals surface area contributed by atoms with Crippen LogP contribution in [0, 0.1) is 24.1 Å². The number of hydrogen-bond acceptors (Lipinski definition) is 4. The Labute approximate surface area is 161 Å². The molecule has 1 saturated heterocycles. The number of aryl methyl sites for hydroxylation is 1. The van der Waals surface area contributed by atoms with Gasteiger partial charge >= 0.3 is 0 Å². The molecular weight excluding hydrogens is 361 g/mol. The number of nitrogens with zero attached hydrogens (tertiary/aromatic N) is 3. The lowest BCUT2D eigenvalue weighted by Gasteiger charge is -2.42. The molecule has 0 spiro atoms. The molecular formula is C21H18FN3OS. The first-order valence-electron chi connectivity index (χ1n) is 8.72. The summed E-state index contributed by atoms with van der Waals surface area (Å²) in [4.78, 5) is 16.6. The van der Waals surface area contributed by atoms with E-state index in [1.807, 2.05) is 31.2 Å². The largest absolute Gasteiger partial charge is 0.344 e. The van der Waals surface area contributed by atoms with Crippen LogP contribution in [0.1, 0.15) is 23.5 Å². The van der Waals surface area contributed by atoms with Gasteiger partial charge in [0.15, 0.2) is 0 Å². The highest BCUT2D eigenvalue weighted by molar-refractivity contribution is 8.03. The third-order valence-corrected chi connectivity index (χ3v) is 6.13. The minimum atomic E-state index is -0.520. The van der Waals surface area contributed by atoms with E-state index in [1.165, 1.54) is 23.4 Å². The SMILES string of the molecule is Cc1ccc(N2CSC3=C(C#N)[C@H](c4ccccc4F)CC(=O)N3C2)cc1. The number of nitriles is 1. The van der Waals surface area contributed by atoms with Gasteiger partial charge in [-0.25, -0.2) is 4.39 Å². The van der Waals surface area contributed by atoms with Gasteiger partial charge in [0.05, 0.1) is 29.2 Å². The van der Waals surface area contributed by atoms with Crippen molar-refractivity contribution in [1.29, 1.82) is 5.26 Å². The summed E-state index contributed by atoms with van der Waals surface area (Å²) in [5.74, 6) is -0.341. The number of allylic oxidation sites excluding steroid dienone is 1. The van der Waals surface area contributed by atoms with E-state index in [1.54, 1.807) is 23.1 Å². The maximum Gasteiger partial charge on any atom is 0.229 e. The van der Waals surface area contributed by atoms with Crippen molar-refractivity contribution in [1.82, 2.24) is 4.90 Å². The van der Waals surface area contributed by atoms with Crippen LogP contribution in [0.5, 0.6) is 0 Å². The number of carbonyl (C=O) groups is 1. The summed E-state index contributed by atoms with van der Waals surface area (Å²) in [6.07, 6.45) is 0.107. The quantitative estimate of drug-likeness (QED) is 0.778. The summed E-state index contributed by atoms with van der Waals surface area (Å²) in [5, 5.41) is 10.4. The average Bonchev–Trinajstić information content (AvgIpc) is 2.69. The number of amides is 1. The van der Waals surface area contributed by atoms with Crippen LogP contribution in [-0.4, -0.2) is 23.4 Å². The van der Waals surface area contributed by atoms with Crippen LogP contribution < -0.4 is 4.90 Å². The molecule has 2 aliphatic heterocycles. The summed E-state index contributed by atoms with van der Waals surface area (Å²) in [7, 11) is 0. The van der Waals surface area contributed by atoms with Crippen molar-refractivity contribution in [3.05, 3.63) is 76.1 Å². The van der Waals surface area contributed by atoms with Crippen LogP contribution in [0.25, 0.3) is 0 Å². The molecule has 0 N–H and O–H groups in total. The highest BCUT2D eigenvalue weighted by atomic mass is 32.2. The number of anilines is 1. The molecule has 0 saturated carbocycles. The highest BCUT2D eigenvalue weighted by Gasteiger charge is 2.39. The molecule has 0 bridgehead atoms. The van der Waals surface area contributed by atoms with Crippen LogP contribution in [0.3, 0.4) is 0 Å². The van der Waals surface area contributed by atoms with E-state index in [2.05, 4.69) is 11.0 Å². The lowest BCUT2D eigenvalue weighted by atomic mass is 9.86. The van der Waals surface area contributed by atoms with Crippen LogP contribution in [0.15, 0.2) is 59.1 Å². The Kier molecular flexibility index (Phi) is 4.63. The van der Waals surface area contributed by atoms with E-state index < -0.39 is 5.92 Å². The molecule has 2 aliphatic rings. The van der Waals surface area contributed by atoms with Gasteiger partial charge in [0.2, 0.25) is 5.91 Å². The number of carbonyl (C=O) groups excluding carboxylic acids is 1. The van der Waals surface area contributed by atoms with Crippen LogP contribution in [0.2, 0.25) is 0 Å². The predicted octanol–water partition coefficient (Wildman–Crippen LogP) is 4.35. The minimum absolute atomic E-state index is 0.0819. The summed E-state index contributed by atoms with van der Waals surface area (Å²) in [6, 6.07) is 16.8. The molecule has 136 valence electrons. The fourth-order valence-electron chi connectivity index (χ4n) is 3.50. The average molecular weight is 379 g/mol. The fourth-order valence-corrected chi connectivity index (χ4v) is 4.67. The van der Waals surface area contributed by atoms with Gasteiger partial charge in [0, 0.05) is 18.0 Å². The Bertz CT molecular complexity index is 964. The number of benzene rings is 2. The summed E-state index contributed by atoms with van der Waals surface area (Å²) >= 11 is 1.46. The van der Waals surface area contributed by atoms with Crippen LogP contribution >= 0.6 is 11.8 Å². The monoisotopic (exact) mass is 379 g/mol. The second-order valence-electron chi connectivity index (χ2n) is 6.72. The molecule has 0 aromatic heterocycles. The highest BCUT2D eigenvalue weighted by Crippen LogP contribution is 2.43. The van der Waals surface area contributed by atoms with Crippen LogP contribution in [0.4, 0.5) is 10.1 Å². The number of halogens is 1. The standard InChI is InChI=1S/C21H18FN3OS/c1-14-6-8-15(9-7-14)24-12-25-20(26)10-17(16-4-2-3-5-19(16)22)18(11-23)21(25)27-13-24/h2-9,17H,10,12-13H2,1H3/t17-/m0/s1. The zero-order valence-electron chi connectivity index (χ0n) is 14.9. The molecule has 1 atom stereocenters. The number of hydrogen-bond donors (Lipinski definition) is 0. The van der Waals surface area contributed by atoms with Crippen molar-refractivity contribution in [2.45, 2.75) is 19.3 Å². The van der Waals surface area contributed by atoms with Gasteiger partial charge in [0.1, 0.15) is 5.82 Å². The van der Waals surface area contributed by atoms with Gasteiger partial charge in [-0.05, 0) is 30.7 Å². The second-order valence-corrected chi connectivity index (χ2v) is 7.65. The lowest BCUT2D eigenvalue weighted by molar-refractivity contribution is -0.129. The van der Waals surface area contributed by atoms with E-state index in [9.17, 15) is 14.4 Å². The van der Waals surface area contributed by atoms with E-state index in [0.29, 0.717) is 28.7 Å². The minimum Gasteiger partial charge on any atom is -0.344 e. The summed E-state index contributed by atoms with van der Waals surface area (Å²) < 4.78 is 14.3. The number of fused-ring (bicyclic) bond motifs is 1. The predicted molar refractivity (Wildman–Crippen MR) is 104 cm³/mol. The molecule has 0 unspecified atom stereocenters. The topological polar surface area (TPSA) is 47.3 Å². The molecule has 0 radical (unpaired) electrons. The molecule has 1 amide bonds. The van der Waals surface area contributed by atoms with Crippen molar-refractivity contribution >= 4 is 23.4 Å². The Morgan fingerprint density at radius 3 is 2.63 bits per heavy atom. The Hall–Kier alpha value is -2.78. The molecule has 0 aliphatic carbocycles. The van der Waals surface area contributed by atoms with Crippen LogP contribution in [-0.2, 0) is 4.79 Å². The van der Waals surface area contributed by atoms with Gasteiger partial charge in [-0.3, -0.25) is 9.69 Å². The first-order chi connectivity index (χ1) is 13.1. The smallest absolute Gasteiger partial charge is 0.229 e. The molecule has 1 fully saturated rings. The van der Waals surface area contributed by atoms with Gasteiger partial charge in [-0.15, -0.1) is 0 Å². The fraction of sp³-hybridized carbons (Fsp3) is 0.238. The Morgan fingerprint density at radius 1 is 1.19 bits per heavy atom. The summed E-state index contributed by atoms with van der Waals surface area (Å²) in [6.45, 7) is 2.44. The molecule has 2 aromatic carbocycles. The maximum atomic E-state index is 14.3. The normalized spacial score (nSPS) is 19.7. The lowest BCUT2D eigenvalue weighted by Crippen LogP contribution is -2.47. The Balaban J connectivity index is 1.68. The zero-order chi connectivity index (χ0) is 19.0. The maximum absolute atomic E-state index is 14.3. The van der Waals surface area contributed by atoms with E-state index in [4.69, 9.17) is 0 Å². The van der Waals surface area contributed by atoms with Crippen molar-refractivity contribution in [2.75, 3.05) is 17.4 Å². The van der Waals surface area contributed by atoms with E-state index >= 15 is 0 Å². The third-order valence-electron chi connectivity index (χ3n) is 4.97. The first kappa shape index (κ1) is 17.6. The zero-order valence-corrected chi connectivity index (χ0v) is 15.7. The molecule has 2 aromatic rings. The molecule has 4 nitrogen and oxygen atoms in total. The van der Waals surface area contributed by atoms with Gasteiger partial charge in [-0.2, -0.15) is 5.26 Å². The third kappa shape index (κ3) is 3.19.